The number of urea groups is 1. The highest BCUT2D eigenvalue weighted by Crippen LogP contribution is 2.22. The third kappa shape index (κ3) is 8.73. The smallest absolute Gasteiger partial charge is 0.324 e. The Labute approximate surface area is 245 Å². The number of carbonyl (C=O) groups excluding carboxylic acids is 3. The fourth-order valence-corrected chi connectivity index (χ4v) is 4.58. The van der Waals surface area contributed by atoms with Crippen LogP contribution in [-0.4, -0.2) is 77.4 Å². The van der Waals surface area contributed by atoms with E-state index in [0.717, 1.165) is 43.6 Å². The van der Waals surface area contributed by atoms with Gasteiger partial charge in [-0.15, -0.1) is 0 Å². The molecule has 10 nitrogen and oxygen atoms in total. The molecular weight excluding hydrogens is 542 g/mol. The van der Waals surface area contributed by atoms with Crippen LogP contribution in [0.5, 0.6) is 0 Å². The molecule has 0 spiro atoms. The number of aromatic nitrogens is 2. The molecule has 41 heavy (non-hydrogen) atoms. The molecule has 0 saturated carbocycles. The van der Waals surface area contributed by atoms with Gasteiger partial charge in [0.25, 0.3) is 11.8 Å². The van der Waals surface area contributed by atoms with E-state index < -0.39 is 6.03 Å². The summed E-state index contributed by atoms with van der Waals surface area (Å²) in [6, 6.07) is 11.7. The molecule has 1 aromatic heterocycles. The van der Waals surface area contributed by atoms with E-state index in [1.165, 1.54) is 6.20 Å². The second-order valence-electron chi connectivity index (χ2n) is 10.0. The number of hydrogen-bond acceptors (Lipinski definition) is 6. The van der Waals surface area contributed by atoms with Crippen LogP contribution in [0, 0.1) is 0 Å². The molecule has 1 fully saturated rings. The number of aryl methyl sites for hydroxylation is 2. The van der Waals surface area contributed by atoms with Gasteiger partial charge in [-0.2, -0.15) is 0 Å². The zero-order valence-corrected chi connectivity index (χ0v) is 24.2. The van der Waals surface area contributed by atoms with Crippen molar-refractivity contribution in [2.24, 2.45) is 0 Å². The summed E-state index contributed by atoms with van der Waals surface area (Å²) in [5, 5.41) is 9.12. The quantitative estimate of drug-likeness (QED) is 0.306. The van der Waals surface area contributed by atoms with Crippen molar-refractivity contribution in [1.29, 1.82) is 0 Å². The number of nitrogens with one attached hydrogen (secondary N) is 3. The standard InChI is InChI=1S/C30H36ClN7O3/c1-3-25-19-34-27(20-33-25)36-30(41)35-26-18-23(29(40)38-16-14-37(2)15-17-38)8-7-21(26)6-4-5-13-32-28(39)22-9-11-24(31)12-10-22/h7-12,18-20H,3-6,13-17H2,1-2H3,(H,32,39)(H2,34,35,36,41). The summed E-state index contributed by atoms with van der Waals surface area (Å²) in [5.41, 5.74) is 3.37. The second-order valence-corrected chi connectivity index (χ2v) is 10.4. The first-order chi connectivity index (χ1) is 19.8. The van der Waals surface area contributed by atoms with E-state index in [-0.39, 0.29) is 11.8 Å². The minimum absolute atomic E-state index is 0.0564. The fourth-order valence-electron chi connectivity index (χ4n) is 4.45. The second kappa shape index (κ2) is 14.6. The van der Waals surface area contributed by atoms with Crippen molar-refractivity contribution in [1.82, 2.24) is 25.1 Å². The number of carbonyl (C=O) groups is 3. The minimum atomic E-state index is -0.468. The van der Waals surface area contributed by atoms with Gasteiger partial charge in [0.05, 0.1) is 18.1 Å². The highest BCUT2D eigenvalue weighted by Gasteiger charge is 2.21. The van der Waals surface area contributed by atoms with E-state index in [4.69, 9.17) is 11.6 Å². The van der Waals surface area contributed by atoms with Gasteiger partial charge in [-0.25, -0.2) is 9.78 Å². The predicted octanol–water partition coefficient (Wildman–Crippen LogP) is 4.48. The summed E-state index contributed by atoms with van der Waals surface area (Å²) in [7, 11) is 2.04. The van der Waals surface area contributed by atoms with Crippen LogP contribution in [0.1, 0.15) is 51.7 Å². The van der Waals surface area contributed by atoms with Crippen LogP contribution in [0.2, 0.25) is 5.02 Å². The number of rotatable bonds is 10. The average molecular weight is 578 g/mol. The number of hydrogen-bond donors (Lipinski definition) is 3. The molecule has 0 atom stereocenters. The summed E-state index contributed by atoms with van der Waals surface area (Å²) in [4.78, 5) is 51.0. The minimum Gasteiger partial charge on any atom is -0.352 e. The van der Waals surface area contributed by atoms with Gasteiger partial charge >= 0.3 is 6.03 Å². The summed E-state index contributed by atoms with van der Waals surface area (Å²) in [6.07, 6.45) is 6.06. The Hall–Kier alpha value is -4.02. The Kier molecular flexibility index (Phi) is 10.6. The molecule has 1 aliphatic rings. The molecule has 1 saturated heterocycles. The maximum Gasteiger partial charge on any atom is 0.324 e. The molecule has 0 radical (unpaired) electrons. The molecule has 11 heteroatoms. The third-order valence-corrected chi connectivity index (χ3v) is 7.22. The first-order valence-corrected chi connectivity index (χ1v) is 14.2. The van der Waals surface area contributed by atoms with Crippen LogP contribution in [0.3, 0.4) is 0 Å². The van der Waals surface area contributed by atoms with E-state index in [1.807, 2.05) is 31.0 Å². The number of unbranched alkanes of at least 4 members (excludes halogenated alkanes) is 1. The lowest BCUT2D eigenvalue weighted by atomic mass is 10.0. The van der Waals surface area contributed by atoms with Crippen LogP contribution < -0.4 is 16.0 Å². The van der Waals surface area contributed by atoms with E-state index in [2.05, 4.69) is 30.8 Å². The van der Waals surface area contributed by atoms with Gasteiger partial charge in [-0.05, 0) is 74.7 Å². The van der Waals surface area contributed by atoms with Gasteiger partial charge in [-0.1, -0.05) is 24.6 Å². The average Bonchev–Trinajstić information content (AvgIpc) is 2.98. The van der Waals surface area contributed by atoms with Crippen molar-refractivity contribution < 1.29 is 14.4 Å². The maximum absolute atomic E-state index is 13.2. The molecule has 3 aromatic rings. The van der Waals surface area contributed by atoms with Crippen molar-refractivity contribution in [3.05, 3.63) is 82.3 Å². The van der Waals surface area contributed by atoms with Gasteiger partial charge in [0.1, 0.15) is 0 Å². The van der Waals surface area contributed by atoms with Crippen molar-refractivity contribution in [3.63, 3.8) is 0 Å². The largest absolute Gasteiger partial charge is 0.352 e. The molecule has 1 aliphatic heterocycles. The van der Waals surface area contributed by atoms with Crippen molar-refractivity contribution >= 4 is 41.0 Å². The lowest BCUT2D eigenvalue weighted by Gasteiger charge is -2.32. The van der Waals surface area contributed by atoms with Crippen molar-refractivity contribution in [2.75, 3.05) is 50.4 Å². The Bertz CT molecular complexity index is 1340. The molecule has 4 amide bonds. The number of anilines is 2. The molecule has 0 bridgehead atoms. The van der Waals surface area contributed by atoms with Crippen molar-refractivity contribution in [3.8, 4) is 0 Å². The van der Waals surface area contributed by atoms with E-state index in [9.17, 15) is 14.4 Å². The van der Waals surface area contributed by atoms with Crippen LogP contribution >= 0.6 is 11.6 Å². The van der Waals surface area contributed by atoms with Gasteiger partial charge < -0.3 is 20.4 Å². The molecule has 0 unspecified atom stereocenters. The zero-order valence-electron chi connectivity index (χ0n) is 23.5. The Morgan fingerprint density at radius 1 is 0.902 bits per heavy atom. The third-order valence-electron chi connectivity index (χ3n) is 6.97. The topological polar surface area (TPSA) is 120 Å². The zero-order chi connectivity index (χ0) is 29.2. The lowest BCUT2D eigenvalue weighted by Crippen LogP contribution is -2.47. The highest BCUT2D eigenvalue weighted by molar-refractivity contribution is 6.30. The number of likely N-dealkylation sites (N-methyl/N-ethyl adjacent to an activating group) is 1. The molecule has 2 aromatic carbocycles. The van der Waals surface area contributed by atoms with E-state index in [0.29, 0.717) is 53.7 Å². The van der Waals surface area contributed by atoms with Crippen LogP contribution in [0.25, 0.3) is 0 Å². The van der Waals surface area contributed by atoms with Crippen LogP contribution in [-0.2, 0) is 12.8 Å². The maximum atomic E-state index is 13.2. The Morgan fingerprint density at radius 2 is 1.63 bits per heavy atom. The number of benzene rings is 2. The SMILES string of the molecule is CCc1cnc(NC(=O)Nc2cc(C(=O)N3CCN(C)CC3)ccc2CCCCNC(=O)c2ccc(Cl)cc2)cn1. The van der Waals surface area contributed by atoms with Crippen LogP contribution in [0.15, 0.2) is 54.9 Å². The molecule has 3 N–H and O–H groups in total. The summed E-state index contributed by atoms with van der Waals surface area (Å²) >= 11 is 5.90. The molecule has 2 heterocycles. The highest BCUT2D eigenvalue weighted by atomic mass is 35.5. The number of piperazine rings is 1. The molecule has 4 rings (SSSR count). The number of amides is 4. The van der Waals surface area contributed by atoms with Gasteiger partial charge in [-0.3, -0.25) is 19.9 Å². The number of halogens is 1. The molecule has 216 valence electrons. The van der Waals surface area contributed by atoms with Crippen LogP contribution in [0.4, 0.5) is 16.3 Å². The molecular formula is C30H36ClN7O3. The van der Waals surface area contributed by atoms with Gasteiger partial charge in [0, 0.05) is 54.6 Å². The Morgan fingerprint density at radius 3 is 2.32 bits per heavy atom. The Balaban J connectivity index is 1.39. The number of nitrogens with zero attached hydrogens (tertiary/aromatic N) is 4. The lowest BCUT2D eigenvalue weighted by molar-refractivity contribution is 0.0664. The summed E-state index contributed by atoms with van der Waals surface area (Å²) < 4.78 is 0. The van der Waals surface area contributed by atoms with Gasteiger partial charge in [0.15, 0.2) is 5.82 Å². The summed E-state index contributed by atoms with van der Waals surface area (Å²) in [6.45, 7) is 5.46. The fraction of sp³-hybridized carbons (Fsp3) is 0.367. The van der Waals surface area contributed by atoms with Gasteiger partial charge in [0.2, 0.25) is 0 Å². The first kappa shape index (κ1) is 30.0. The van der Waals surface area contributed by atoms with E-state index >= 15 is 0 Å². The predicted molar refractivity (Wildman–Crippen MR) is 161 cm³/mol. The summed E-state index contributed by atoms with van der Waals surface area (Å²) in [5.74, 6) is 0.129. The van der Waals surface area contributed by atoms with Crippen molar-refractivity contribution in [2.45, 2.75) is 32.6 Å². The first-order valence-electron chi connectivity index (χ1n) is 13.9. The monoisotopic (exact) mass is 577 g/mol. The molecule has 0 aliphatic carbocycles. The normalized spacial score (nSPS) is 13.5. The van der Waals surface area contributed by atoms with E-state index in [1.54, 1.807) is 36.5 Å².